The van der Waals surface area contributed by atoms with Crippen LogP contribution < -0.4 is 10.1 Å². The van der Waals surface area contributed by atoms with Crippen molar-refractivity contribution in [1.82, 2.24) is 10.2 Å². The fourth-order valence-electron chi connectivity index (χ4n) is 3.32. The molecule has 5 heteroatoms. The third kappa shape index (κ3) is 5.28. The minimum atomic E-state index is -0.0766. The van der Waals surface area contributed by atoms with Gasteiger partial charge in [-0.2, -0.15) is 0 Å². The van der Waals surface area contributed by atoms with E-state index in [0.29, 0.717) is 25.7 Å². The van der Waals surface area contributed by atoms with Crippen LogP contribution in [0.2, 0.25) is 0 Å². The topological polar surface area (TPSA) is 54.7 Å². The summed E-state index contributed by atoms with van der Waals surface area (Å²) in [5.41, 5.74) is 2.04. The number of carbonyl (C=O) groups is 1. The predicted octanol–water partition coefficient (Wildman–Crippen LogP) is 4.72. The number of hydrogen-bond donors (Lipinski definition) is 1. The summed E-state index contributed by atoms with van der Waals surface area (Å²) in [6.07, 6.45) is 9.73. The summed E-state index contributed by atoms with van der Waals surface area (Å²) in [6, 6.07) is 9.83. The van der Waals surface area contributed by atoms with Gasteiger partial charge in [0.05, 0.1) is 25.2 Å². The van der Waals surface area contributed by atoms with Crippen LogP contribution in [0.1, 0.15) is 50.2 Å². The van der Waals surface area contributed by atoms with Gasteiger partial charge in [-0.1, -0.05) is 18.6 Å². The lowest BCUT2D eigenvalue weighted by atomic mass is 9.98. The Morgan fingerprint density at radius 2 is 2.08 bits per heavy atom. The van der Waals surface area contributed by atoms with Crippen LogP contribution in [-0.2, 0) is 13.1 Å². The highest BCUT2D eigenvalue weighted by molar-refractivity contribution is 5.74. The number of ether oxygens (including phenoxy) is 1. The molecule has 1 N–H and O–H groups in total. The third-order valence-electron chi connectivity index (χ3n) is 4.82. The van der Waals surface area contributed by atoms with Crippen molar-refractivity contribution in [2.45, 2.75) is 58.2 Å². The Labute approximate surface area is 155 Å². The summed E-state index contributed by atoms with van der Waals surface area (Å²) in [5, 5.41) is 2.99. The van der Waals surface area contributed by atoms with Gasteiger partial charge in [0.1, 0.15) is 5.75 Å². The maximum atomic E-state index is 12.4. The van der Waals surface area contributed by atoms with E-state index in [-0.39, 0.29) is 6.03 Å². The van der Waals surface area contributed by atoms with Gasteiger partial charge in [0.15, 0.2) is 0 Å². The molecule has 1 fully saturated rings. The zero-order chi connectivity index (χ0) is 18.2. The summed E-state index contributed by atoms with van der Waals surface area (Å²) in [7, 11) is 0. The summed E-state index contributed by atoms with van der Waals surface area (Å²) >= 11 is 0. The largest absolute Gasteiger partial charge is 0.490 e. The number of benzene rings is 1. The molecule has 1 aliphatic carbocycles. The average Bonchev–Trinajstić information content (AvgIpc) is 3.18. The van der Waals surface area contributed by atoms with Gasteiger partial charge in [-0.05, 0) is 56.4 Å². The maximum absolute atomic E-state index is 12.4. The Balaban J connectivity index is 1.51. The molecule has 5 nitrogen and oxygen atoms in total. The lowest BCUT2D eigenvalue weighted by molar-refractivity contribution is 0.155. The Morgan fingerprint density at radius 1 is 1.23 bits per heavy atom. The van der Waals surface area contributed by atoms with Crippen LogP contribution in [0.15, 0.2) is 47.3 Å². The Bertz CT molecular complexity index is 678. The second-order valence-corrected chi connectivity index (χ2v) is 6.83. The lowest BCUT2D eigenvalue weighted by Crippen LogP contribution is -2.38. The van der Waals surface area contributed by atoms with Gasteiger partial charge < -0.3 is 19.4 Å². The summed E-state index contributed by atoms with van der Waals surface area (Å²) in [5.74, 6) is 0.898. The molecule has 0 atom stereocenters. The molecule has 0 spiro atoms. The molecule has 26 heavy (non-hydrogen) atoms. The molecule has 1 aromatic carbocycles. The van der Waals surface area contributed by atoms with Crippen molar-refractivity contribution in [2.24, 2.45) is 0 Å². The predicted molar refractivity (Wildman–Crippen MR) is 101 cm³/mol. The molecule has 1 aliphatic rings. The first-order valence-corrected chi connectivity index (χ1v) is 9.54. The SMILES string of the molecule is CCN(Cc1ccoc1)C(=O)NCc1cccc(OC2CCCCC2)c1. The van der Waals surface area contributed by atoms with Crippen molar-refractivity contribution >= 4 is 6.03 Å². The van der Waals surface area contributed by atoms with Crippen molar-refractivity contribution in [3.05, 3.63) is 54.0 Å². The molecule has 0 radical (unpaired) electrons. The van der Waals surface area contributed by atoms with E-state index in [2.05, 4.69) is 5.32 Å². The number of urea groups is 1. The third-order valence-corrected chi connectivity index (χ3v) is 4.82. The molecule has 1 saturated carbocycles. The van der Waals surface area contributed by atoms with Gasteiger partial charge in [-0.3, -0.25) is 0 Å². The van der Waals surface area contributed by atoms with E-state index in [4.69, 9.17) is 9.15 Å². The maximum Gasteiger partial charge on any atom is 0.317 e. The number of rotatable bonds is 7. The normalized spacial score (nSPS) is 14.8. The van der Waals surface area contributed by atoms with Crippen LogP contribution in [0.5, 0.6) is 5.75 Å². The van der Waals surface area contributed by atoms with Gasteiger partial charge in [-0.15, -0.1) is 0 Å². The van der Waals surface area contributed by atoms with E-state index in [9.17, 15) is 4.79 Å². The molecule has 1 aromatic heterocycles. The molecule has 0 bridgehead atoms. The molecule has 1 heterocycles. The zero-order valence-corrected chi connectivity index (χ0v) is 15.4. The van der Waals surface area contributed by atoms with Crippen LogP contribution in [-0.4, -0.2) is 23.6 Å². The van der Waals surface area contributed by atoms with Crippen molar-refractivity contribution in [2.75, 3.05) is 6.54 Å². The second-order valence-electron chi connectivity index (χ2n) is 6.83. The molecule has 3 rings (SSSR count). The molecular weight excluding hydrogens is 328 g/mol. The number of carbonyl (C=O) groups excluding carboxylic acids is 1. The standard InChI is InChI=1S/C21H28N2O3/c1-2-23(15-18-11-12-25-16-18)21(24)22-14-17-7-6-10-20(13-17)26-19-8-4-3-5-9-19/h6-7,10-13,16,19H,2-5,8-9,14-15H2,1H3,(H,22,24). The monoisotopic (exact) mass is 356 g/mol. The Kier molecular flexibility index (Phi) is 6.58. The zero-order valence-electron chi connectivity index (χ0n) is 15.4. The Hall–Kier alpha value is -2.43. The van der Waals surface area contributed by atoms with Gasteiger partial charge in [0.25, 0.3) is 0 Å². The number of furan rings is 1. The number of hydrogen-bond acceptors (Lipinski definition) is 3. The van der Waals surface area contributed by atoms with Crippen LogP contribution in [0.3, 0.4) is 0 Å². The van der Waals surface area contributed by atoms with E-state index in [1.807, 2.05) is 37.3 Å². The second kappa shape index (κ2) is 9.32. The number of nitrogens with zero attached hydrogens (tertiary/aromatic N) is 1. The van der Waals surface area contributed by atoms with E-state index in [1.54, 1.807) is 17.4 Å². The summed E-state index contributed by atoms with van der Waals surface area (Å²) in [6.45, 7) is 3.65. The summed E-state index contributed by atoms with van der Waals surface area (Å²) in [4.78, 5) is 14.2. The first-order valence-electron chi connectivity index (χ1n) is 9.54. The summed E-state index contributed by atoms with van der Waals surface area (Å²) < 4.78 is 11.2. The van der Waals surface area contributed by atoms with E-state index in [0.717, 1.165) is 29.7 Å². The molecule has 2 aromatic rings. The van der Waals surface area contributed by atoms with Gasteiger partial charge >= 0.3 is 6.03 Å². The van der Waals surface area contributed by atoms with Crippen LogP contribution >= 0.6 is 0 Å². The molecule has 0 aliphatic heterocycles. The molecular formula is C21H28N2O3. The van der Waals surface area contributed by atoms with Crippen LogP contribution in [0.25, 0.3) is 0 Å². The average molecular weight is 356 g/mol. The minimum absolute atomic E-state index is 0.0766. The van der Waals surface area contributed by atoms with Crippen molar-refractivity contribution in [3.63, 3.8) is 0 Å². The number of nitrogens with one attached hydrogen (secondary N) is 1. The molecule has 0 unspecified atom stereocenters. The highest BCUT2D eigenvalue weighted by atomic mass is 16.5. The van der Waals surface area contributed by atoms with Crippen molar-refractivity contribution < 1.29 is 13.9 Å². The Morgan fingerprint density at radius 3 is 2.81 bits per heavy atom. The van der Waals surface area contributed by atoms with E-state index in [1.165, 1.54) is 19.3 Å². The fraction of sp³-hybridized carbons (Fsp3) is 0.476. The van der Waals surface area contributed by atoms with E-state index >= 15 is 0 Å². The smallest absolute Gasteiger partial charge is 0.317 e. The van der Waals surface area contributed by atoms with E-state index < -0.39 is 0 Å². The highest BCUT2D eigenvalue weighted by Crippen LogP contribution is 2.24. The van der Waals surface area contributed by atoms with Crippen molar-refractivity contribution in [1.29, 1.82) is 0 Å². The quantitative estimate of drug-likeness (QED) is 0.781. The molecule has 140 valence electrons. The molecule has 2 amide bonds. The van der Waals surface area contributed by atoms with Gasteiger partial charge in [0, 0.05) is 18.7 Å². The highest BCUT2D eigenvalue weighted by Gasteiger charge is 2.15. The van der Waals surface area contributed by atoms with Gasteiger partial charge in [-0.25, -0.2) is 4.79 Å². The van der Waals surface area contributed by atoms with Crippen LogP contribution in [0.4, 0.5) is 4.79 Å². The first-order chi connectivity index (χ1) is 12.7. The van der Waals surface area contributed by atoms with Gasteiger partial charge in [0.2, 0.25) is 0 Å². The minimum Gasteiger partial charge on any atom is -0.490 e. The van der Waals surface area contributed by atoms with Crippen molar-refractivity contribution in [3.8, 4) is 5.75 Å². The molecule has 0 saturated heterocycles. The number of amides is 2. The lowest BCUT2D eigenvalue weighted by Gasteiger charge is -2.23. The van der Waals surface area contributed by atoms with Crippen LogP contribution in [0, 0.1) is 0 Å². The fourth-order valence-corrected chi connectivity index (χ4v) is 3.32. The first kappa shape index (κ1) is 18.4.